The number of hydrogen-bond donors (Lipinski definition) is 2. The molecule has 3 rings (SSSR count). The maximum atomic E-state index is 13.2. The summed E-state index contributed by atoms with van der Waals surface area (Å²) < 4.78 is 17.2. The van der Waals surface area contributed by atoms with E-state index in [2.05, 4.69) is 4.98 Å². The summed E-state index contributed by atoms with van der Waals surface area (Å²) in [5.74, 6) is -2.10. The van der Waals surface area contributed by atoms with Crippen LogP contribution in [0.15, 0.2) is 11.0 Å². The first-order chi connectivity index (χ1) is 16.2. The maximum Gasteiger partial charge on any atom is 0.309 e. The Hall–Kier alpha value is -1.36. The van der Waals surface area contributed by atoms with E-state index in [4.69, 9.17) is 25.8 Å². The van der Waals surface area contributed by atoms with Crippen molar-refractivity contribution in [2.75, 3.05) is 13.2 Å². The van der Waals surface area contributed by atoms with E-state index in [1.54, 1.807) is 27.7 Å². The molecule has 2 N–H and O–H groups in total. The predicted octanol–water partition coefficient (Wildman–Crippen LogP) is 3.50. The highest BCUT2D eigenvalue weighted by Crippen LogP contribution is 2.45. The summed E-state index contributed by atoms with van der Waals surface area (Å²) in [4.78, 5) is 30.5. The van der Waals surface area contributed by atoms with Gasteiger partial charge in [-0.2, -0.15) is 0 Å². The second-order valence-electron chi connectivity index (χ2n) is 10.4. The number of hydrogen-bond acceptors (Lipinski definition) is 9. The van der Waals surface area contributed by atoms with E-state index in [-0.39, 0.29) is 31.3 Å². The third-order valence-electron chi connectivity index (χ3n) is 7.00. The van der Waals surface area contributed by atoms with Crippen LogP contribution in [0.4, 0.5) is 0 Å². The second-order valence-corrected chi connectivity index (χ2v) is 12.1. The highest BCUT2D eigenvalue weighted by Gasteiger charge is 2.57. The van der Waals surface area contributed by atoms with E-state index in [1.165, 1.54) is 11.3 Å². The monoisotopic (exact) mass is 529 g/mol. The summed E-state index contributed by atoms with van der Waals surface area (Å²) in [6.07, 6.45) is -1.54. The van der Waals surface area contributed by atoms with E-state index >= 15 is 0 Å². The Labute approximate surface area is 215 Å². The number of rotatable bonds is 2. The first-order valence-corrected chi connectivity index (χ1v) is 13.1. The number of aliphatic hydroxyl groups excluding tert-OH is 2. The molecule has 0 aromatic carbocycles. The van der Waals surface area contributed by atoms with Gasteiger partial charge in [-0.15, -0.1) is 11.3 Å². The van der Waals surface area contributed by atoms with Crippen molar-refractivity contribution in [2.45, 2.75) is 83.9 Å². The molecule has 2 saturated heterocycles. The summed E-state index contributed by atoms with van der Waals surface area (Å²) in [6, 6.07) is 0. The van der Waals surface area contributed by atoms with E-state index in [0.29, 0.717) is 6.42 Å². The highest BCUT2D eigenvalue weighted by atomic mass is 35.5. The number of ketones is 1. The van der Waals surface area contributed by atoms with Gasteiger partial charge in [-0.25, -0.2) is 4.98 Å². The number of fused-ring (bicyclic) bond motifs is 1. The van der Waals surface area contributed by atoms with Gasteiger partial charge in [0, 0.05) is 23.6 Å². The number of aliphatic hydroxyl groups is 2. The number of thiazole rings is 1. The summed E-state index contributed by atoms with van der Waals surface area (Å²) >= 11 is 8.09. The number of nitrogens with zero attached hydrogens (tertiary/aromatic N) is 1. The number of alkyl halides is 1. The molecule has 0 radical (unpaired) electrons. The molecule has 0 aliphatic carbocycles. The van der Waals surface area contributed by atoms with Crippen LogP contribution in [0.1, 0.15) is 58.2 Å². The molecular weight excluding hydrogens is 494 g/mol. The van der Waals surface area contributed by atoms with Crippen LogP contribution in [0.2, 0.25) is 0 Å². The zero-order valence-electron chi connectivity index (χ0n) is 21.1. The van der Waals surface area contributed by atoms with E-state index in [0.717, 1.165) is 16.3 Å². The second kappa shape index (κ2) is 10.9. The number of aromatic nitrogens is 1. The van der Waals surface area contributed by atoms with Crippen molar-refractivity contribution in [3.05, 3.63) is 21.7 Å². The number of epoxide rings is 1. The van der Waals surface area contributed by atoms with Gasteiger partial charge in [0.2, 0.25) is 0 Å². The van der Waals surface area contributed by atoms with Crippen molar-refractivity contribution < 1.29 is 34.0 Å². The van der Waals surface area contributed by atoms with Crippen molar-refractivity contribution in [3.63, 3.8) is 0 Å². The van der Waals surface area contributed by atoms with Gasteiger partial charge >= 0.3 is 5.97 Å². The minimum atomic E-state index is -1.29. The summed E-state index contributed by atoms with van der Waals surface area (Å²) in [5.41, 5.74) is 0.259. The largest absolute Gasteiger partial charge is 0.458 e. The van der Waals surface area contributed by atoms with Gasteiger partial charge in [0.25, 0.3) is 0 Å². The molecule has 0 amide bonds. The van der Waals surface area contributed by atoms with Crippen molar-refractivity contribution in [1.82, 2.24) is 4.98 Å². The standard InChI is InChI=1S/C25H36ClNO7S/c1-13(7-17-11-35-16(4)27-17)18-8-20-25(26,34-20)12-32-10-14(2)22(30)15(3)23(31)24(5,6)19(28)9-21(29)33-18/h7,11,14-15,18-20,22,28,30H,8-10,12H2,1-6H3/b13-7+/t14-,15+,18-,19-,20?,22-,25?/m0/s1. The van der Waals surface area contributed by atoms with Crippen LogP contribution in [0.5, 0.6) is 0 Å². The Balaban J connectivity index is 1.85. The lowest BCUT2D eigenvalue weighted by molar-refractivity contribution is -0.154. The molecule has 1 aromatic heterocycles. The maximum absolute atomic E-state index is 13.2. The summed E-state index contributed by atoms with van der Waals surface area (Å²) in [6.45, 7) is 10.6. The van der Waals surface area contributed by atoms with Crippen LogP contribution in [0.3, 0.4) is 0 Å². The van der Waals surface area contributed by atoms with E-state index < -0.39 is 46.8 Å². The number of halogens is 1. The van der Waals surface area contributed by atoms with Crippen molar-refractivity contribution in [1.29, 1.82) is 0 Å². The molecule has 35 heavy (non-hydrogen) atoms. The summed E-state index contributed by atoms with van der Waals surface area (Å²) in [5, 5.41) is 23.3. The molecule has 0 bridgehead atoms. The molecular formula is C25H36ClNO7S. The molecule has 8 nitrogen and oxygen atoms in total. The fourth-order valence-corrected chi connectivity index (χ4v) is 5.19. The molecule has 2 aliphatic rings. The number of esters is 1. The third-order valence-corrected chi connectivity index (χ3v) is 8.23. The van der Waals surface area contributed by atoms with Gasteiger partial charge in [0.05, 0.1) is 48.0 Å². The zero-order chi connectivity index (χ0) is 26.1. The Morgan fingerprint density at radius 2 is 1.97 bits per heavy atom. The van der Waals surface area contributed by atoms with Gasteiger partial charge in [-0.1, -0.05) is 39.3 Å². The van der Waals surface area contributed by atoms with Crippen LogP contribution in [0, 0.1) is 24.2 Å². The van der Waals surface area contributed by atoms with Gasteiger partial charge in [-0.05, 0) is 25.5 Å². The van der Waals surface area contributed by atoms with Crippen molar-refractivity contribution >= 4 is 40.8 Å². The van der Waals surface area contributed by atoms with Gasteiger partial charge < -0.3 is 24.4 Å². The van der Waals surface area contributed by atoms with Crippen LogP contribution < -0.4 is 0 Å². The molecule has 0 spiro atoms. The zero-order valence-corrected chi connectivity index (χ0v) is 22.7. The van der Waals surface area contributed by atoms with E-state index in [1.807, 2.05) is 25.3 Å². The SMILES string of the molecule is C/C(=C\c1csc(C)n1)[C@@H]1CC2OC2(Cl)COC[C@H](C)[C@H](O)[C@@H](C)C(=O)C(C)(C)[C@@H](O)CC(=O)O1. The predicted molar refractivity (Wildman–Crippen MR) is 133 cm³/mol. The van der Waals surface area contributed by atoms with Crippen LogP contribution in [-0.4, -0.2) is 69.6 Å². The lowest BCUT2D eigenvalue weighted by atomic mass is 9.73. The average molecular weight is 530 g/mol. The highest BCUT2D eigenvalue weighted by molar-refractivity contribution is 7.09. The number of cyclic esters (lactones) is 1. The average Bonchev–Trinajstić information content (AvgIpc) is 3.22. The van der Waals surface area contributed by atoms with Crippen LogP contribution in [-0.2, 0) is 23.8 Å². The van der Waals surface area contributed by atoms with Gasteiger partial charge in [-0.3, -0.25) is 9.59 Å². The number of ether oxygens (including phenoxy) is 3. The molecule has 196 valence electrons. The fraction of sp³-hybridized carbons (Fsp3) is 0.720. The minimum Gasteiger partial charge on any atom is -0.458 e. The molecule has 2 unspecified atom stereocenters. The molecule has 2 aliphatic heterocycles. The number of carbonyl (C=O) groups excluding carboxylic acids is 2. The van der Waals surface area contributed by atoms with Crippen LogP contribution in [0.25, 0.3) is 6.08 Å². The molecule has 7 atom stereocenters. The third kappa shape index (κ3) is 6.70. The van der Waals surface area contributed by atoms with Gasteiger partial charge in [0.1, 0.15) is 18.0 Å². The lowest BCUT2D eigenvalue weighted by Crippen LogP contribution is -2.46. The number of carbonyl (C=O) groups is 2. The molecule has 10 heteroatoms. The summed E-state index contributed by atoms with van der Waals surface area (Å²) in [7, 11) is 0. The molecule has 0 saturated carbocycles. The van der Waals surface area contributed by atoms with E-state index in [9.17, 15) is 19.8 Å². The Kier molecular flexibility index (Phi) is 8.82. The fourth-order valence-electron chi connectivity index (χ4n) is 4.35. The Morgan fingerprint density at radius 3 is 2.60 bits per heavy atom. The molecule has 1 aromatic rings. The van der Waals surface area contributed by atoms with Gasteiger partial charge in [0.15, 0.2) is 5.06 Å². The first kappa shape index (κ1) is 28.2. The first-order valence-electron chi connectivity index (χ1n) is 11.9. The topological polar surface area (TPSA) is 118 Å². The minimum absolute atomic E-state index is 0.0948. The Bertz CT molecular complexity index is 963. The van der Waals surface area contributed by atoms with Crippen molar-refractivity contribution in [2.24, 2.45) is 17.3 Å². The lowest BCUT2D eigenvalue weighted by Gasteiger charge is -2.34. The molecule has 3 heterocycles. The van der Waals surface area contributed by atoms with Crippen LogP contribution >= 0.6 is 22.9 Å². The molecule has 2 fully saturated rings. The van der Waals surface area contributed by atoms with Crippen molar-refractivity contribution in [3.8, 4) is 0 Å². The quantitative estimate of drug-likeness (QED) is 0.339. The Morgan fingerprint density at radius 1 is 1.29 bits per heavy atom. The number of Topliss-reactive ketones (excluding diaryl/α,β-unsaturated/α-hetero) is 1. The smallest absolute Gasteiger partial charge is 0.309 e. The normalized spacial score (nSPS) is 37.5. The number of aryl methyl sites for hydroxylation is 1.